The lowest BCUT2D eigenvalue weighted by Crippen LogP contribution is -2.17. The van der Waals surface area contributed by atoms with E-state index in [4.69, 9.17) is 9.47 Å². The van der Waals surface area contributed by atoms with Gasteiger partial charge in [-0.2, -0.15) is 0 Å². The number of rotatable bonds is 6. The average Bonchev–Trinajstić information content (AvgIpc) is 2.53. The van der Waals surface area contributed by atoms with Crippen LogP contribution in [0.5, 0.6) is 11.5 Å². The molecular formula is C16H16BrNO3. The zero-order valence-corrected chi connectivity index (χ0v) is 13.2. The van der Waals surface area contributed by atoms with Gasteiger partial charge in [0.15, 0.2) is 0 Å². The molecule has 0 bridgehead atoms. The van der Waals surface area contributed by atoms with E-state index in [0.29, 0.717) is 24.5 Å². The number of para-hydroxylation sites is 1. The Morgan fingerprint density at radius 3 is 2.48 bits per heavy atom. The lowest BCUT2D eigenvalue weighted by atomic mass is 10.2. The fourth-order valence-corrected chi connectivity index (χ4v) is 2.22. The van der Waals surface area contributed by atoms with Gasteiger partial charge in [0.05, 0.1) is 4.47 Å². The van der Waals surface area contributed by atoms with E-state index < -0.39 is 0 Å². The highest BCUT2D eigenvalue weighted by atomic mass is 79.9. The molecule has 5 heteroatoms. The number of hydrogen-bond donors (Lipinski definition) is 1. The summed E-state index contributed by atoms with van der Waals surface area (Å²) in [5.41, 5.74) is 0.581. The van der Waals surface area contributed by atoms with Crippen LogP contribution in [-0.4, -0.2) is 26.2 Å². The Morgan fingerprint density at radius 2 is 1.81 bits per heavy atom. The van der Waals surface area contributed by atoms with Gasteiger partial charge in [-0.1, -0.05) is 18.2 Å². The summed E-state index contributed by atoms with van der Waals surface area (Å²) in [6.45, 7) is 0.875. The van der Waals surface area contributed by atoms with E-state index in [9.17, 15) is 4.79 Å². The van der Waals surface area contributed by atoms with Crippen LogP contribution < -0.4 is 14.8 Å². The molecule has 0 saturated carbocycles. The fourth-order valence-electron chi connectivity index (χ4n) is 1.73. The quantitative estimate of drug-likeness (QED) is 0.814. The summed E-state index contributed by atoms with van der Waals surface area (Å²) in [7, 11) is 1.60. The molecule has 110 valence electrons. The number of carbonyl (C=O) groups is 1. The zero-order valence-electron chi connectivity index (χ0n) is 11.6. The third-order valence-electron chi connectivity index (χ3n) is 2.77. The summed E-state index contributed by atoms with van der Waals surface area (Å²) in [4.78, 5) is 11.5. The van der Waals surface area contributed by atoms with Crippen LogP contribution in [0.3, 0.4) is 0 Å². The van der Waals surface area contributed by atoms with Crippen molar-refractivity contribution in [1.29, 1.82) is 0 Å². The van der Waals surface area contributed by atoms with Gasteiger partial charge >= 0.3 is 0 Å². The Morgan fingerprint density at radius 1 is 1.10 bits per heavy atom. The van der Waals surface area contributed by atoms with Crippen molar-refractivity contribution >= 4 is 21.8 Å². The third-order valence-corrected chi connectivity index (χ3v) is 3.39. The van der Waals surface area contributed by atoms with Gasteiger partial charge < -0.3 is 14.8 Å². The van der Waals surface area contributed by atoms with Crippen molar-refractivity contribution in [3.8, 4) is 11.5 Å². The molecule has 1 N–H and O–H groups in total. The Kier molecular flexibility index (Phi) is 5.63. The highest BCUT2D eigenvalue weighted by molar-refractivity contribution is 9.10. The second kappa shape index (κ2) is 7.69. The lowest BCUT2D eigenvalue weighted by Gasteiger charge is -2.10. The van der Waals surface area contributed by atoms with Crippen LogP contribution in [0.25, 0.3) is 0 Å². The Hall–Kier alpha value is -2.01. The van der Waals surface area contributed by atoms with Crippen molar-refractivity contribution in [1.82, 2.24) is 5.32 Å². The van der Waals surface area contributed by atoms with Gasteiger partial charge in [-0.3, -0.25) is 4.79 Å². The van der Waals surface area contributed by atoms with Crippen LogP contribution in [0.15, 0.2) is 53.0 Å². The van der Waals surface area contributed by atoms with Crippen molar-refractivity contribution in [3.05, 3.63) is 58.6 Å². The van der Waals surface area contributed by atoms with E-state index in [2.05, 4.69) is 21.2 Å². The standard InChI is InChI=1S/C16H16BrNO3/c1-18-16(19)12-7-8-15(14(17)11-12)21-10-9-20-13-5-3-2-4-6-13/h2-8,11H,9-10H2,1H3,(H,18,19). The second-order valence-corrected chi connectivity index (χ2v) is 5.09. The molecule has 0 heterocycles. The maximum Gasteiger partial charge on any atom is 0.251 e. The third kappa shape index (κ3) is 4.49. The van der Waals surface area contributed by atoms with Gasteiger partial charge in [-0.25, -0.2) is 0 Å². The first-order chi connectivity index (χ1) is 10.2. The molecule has 2 rings (SSSR count). The van der Waals surface area contributed by atoms with E-state index in [1.54, 1.807) is 25.2 Å². The number of carbonyl (C=O) groups excluding carboxylic acids is 1. The summed E-state index contributed by atoms with van der Waals surface area (Å²) in [6.07, 6.45) is 0. The number of amides is 1. The summed E-state index contributed by atoms with van der Waals surface area (Å²) >= 11 is 3.40. The highest BCUT2D eigenvalue weighted by Crippen LogP contribution is 2.26. The molecule has 0 aliphatic carbocycles. The van der Waals surface area contributed by atoms with Crippen LogP contribution >= 0.6 is 15.9 Å². The van der Waals surface area contributed by atoms with Gasteiger partial charge in [0, 0.05) is 12.6 Å². The number of benzene rings is 2. The summed E-state index contributed by atoms with van der Waals surface area (Å²) < 4.78 is 11.9. The van der Waals surface area contributed by atoms with Crippen molar-refractivity contribution in [2.24, 2.45) is 0 Å². The van der Waals surface area contributed by atoms with Gasteiger partial charge in [0.25, 0.3) is 5.91 Å². The van der Waals surface area contributed by atoms with Crippen LogP contribution in [0.4, 0.5) is 0 Å². The van der Waals surface area contributed by atoms with Gasteiger partial charge in [0.2, 0.25) is 0 Å². The molecule has 4 nitrogen and oxygen atoms in total. The Bertz CT molecular complexity index is 602. The summed E-state index contributed by atoms with van der Waals surface area (Å²) in [6, 6.07) is 14.8. The van der Waals surface area contributed by atoms with E-state index in [-0.39, 0.29) is 5.91 Å². The van der Waals surface area contributed by atoms with E-state index in [0.717, 1.165) is 10.2 Å². The van der Waals surface area contributed by atoms with Crippen molar-refractivity contribution in [2.75, 3.05) is 20.3 Å². The monoisotopic (exact) mass is 349 g/mol. The van der Waals surface area contributed by atoms with Gasteiger partial charge in [-0.15, -0.1) is 0 Å². The number of ether oxygens (including phenoxy) is 2. The molecule has 0 atom stereocenters. The number of halogens is 1. The summed E-state index contributed by atoms with van der Waals surface area (Å²) in [5.74, 6) is 1.36. The first-order valence-corrected chi connectivity index (χ1v) is 7.32. The van der Waals surface area contributed by atoms with Crippen LogP contribution in [-0.2, 0) is 0 Å². The minimum Gasteiger partial charge on any atom is -0.490 e. The maximum atomic E-state index is 11.5. The van der Waals surface area contributed by atoms with Gasteiger partial charge in [0.1, 0.15) is 24.7 Å². The topological polar surface area (TPSA) is 47.6 Å². The summed E-state index contributed by atoms with van der Waals surface area (Å²) in [5, 5.41) is 2.58. The molecule has 0 saturated heterocycles. The number of hydrogen-bond acceptors (Lipinski definition) is 3. The molecule has 0 spiro atoms. The molecule has 0 radical (unpaired) electrons. The average molecular weight is 350 g/mol. The second-order valence-electron chi connectivity index (χ2n) is 4.23. The van der Waals surface area contributed by atoms with Crippen molar-refractivity contribution in [3.63, 3.8) is 0 Å². The van der Waals surface area contributed by atoms with E-state index in [1.165, 1.54) is 0 Å². The predicted octanol–water partition coefficient (Wildman–Crippen LogP) is 3.27. The molecular weight excluding hydrogens is 334 g/mol. The maximum absolute atomic E-state index is 11.5. The molecule has 2 aromatic carbocycles. The Labute approximate surface area is 132 Å². The smallest absolute Gasteiger partial charge is 0.251 e. The van der Waals surface area contributed by atoms with Gasteiger partial charge in [-0.05, 0) is 46.3 Å². The number of nitrogens with one attached hydrogen (secondary N) is 1. The lowest BCUT2D eigenvalue weighted by molar-refractivity contribution is 0.0963. The molecule has 0 aliphatic heterocycles. The predicted molar refractivity (Wildman–Crippen MR) is 85.0 cm³/mol. The van der Waals surface area contributed by atoms with E-state index >= 15 is 0 Å². The van der Waals surface area contributed by atoms with E-state index in [1.807, 2.05) is 30.3 Å². The van der Waals surface area contributed by atoms with Crippen molar-refractivity contribution in [2.45, 2.75) is 0 Å². The molecule has 0 unspecified atom stereocenters. The normalized spacial score (nSPS) is 10.0. The molecule has 0 aromatic heterocycles. The highest BCUT2D eigenvalue weighted by Gasteiger charge is 2.07. The minimum absolute atomic E-state index is 0.130. The fraction of sp³-hybridized carbons (Fsp3) is 0.188. The first-order valence-electron chi connectivity index (χ1n) is 6.53. The molecule has 2 aromatic rings. The largest absolute Gasteiger partial charge is 0.490 e. The van der Waals surface area contributed by atoms with Crippen LogP contribution in [0.2, 0.25) is 0 Å². The van der Waals surface area contributed by atoms with Crippen LogP contribution in [0, 0.1) is 0 Å². The molecule has 0 fully saturated rings. The SMILES string of the molecule is CNC(=O)c1ccc(OCCOc2ccccc2)c(Br)c1. The zero-order chi connectivity index (χ0) is 15.1. The minimum atomic E-state index is -0.130. The van der Waals surface area contributed by atoms with Crippen molar-refractivity contribution < 1.29 is 14.3 Å². The first kappa shape index (κ1) is 15.4. The molecule has 21 heavy (non-hydrogen) atoms. The molecule has 1 amide bonds. The Balaban J connectivity index is 1.85. The molecule has 0 aliphatic rings. The van der Waals surface area contributed by atoms with Crippen LogP contribution in [0.1, 0.15) is 10.4 Å².